The number of thiazole rings is 1. The van der Waals surface area contributed by atoms with Crippen LogP contribution in [0.2, 0.25) is 0 Å². The monoisotopic (exact) mass is 278 g/mol. The van der Waals surface area contributed by atoms with Gasteiger partial charge in [0, 0.05) is 24.5 Å². The fourth-order valence-corrected chi connectivity index (χ4v) is 3.14. The Kier molecular flexibility index (Phi) is 3.49. The molecule has 1 aliphatic rings. The quantitative estimate of drug-likeness (QED) is 0.830. The van der Waals surface area contributed by atoms with Gasteiger partial charge >= 0.3 is 0 Å². The maximum atomic E-state index is 12.3. The summed E-state index contributed by atoms with van der Waals surface area (Å²) < 4.78 is 1.58. The first-order valence-corrected chi connectivity index (χ1v) is 7.12. The summed E-state index contributed by atoms with van der Waals surface area (Å²) in [5, 5.41) is 13.9. The fourth-order valence-electron chi connectivity index (χ4n) is 2.36. The molecule has 0 unspecified atom stereocenters. The molecule has 7 nitrogen and oxygen atoms in total. The molecule has 0 saturated carbocycles. The molecule has 2 aromatic heterocycles. The number of amides is 1. The van der Waals surface area contributed by atoms with Crippen molar-refractivity contribution in [1.82, 2.24) is 30.1 Å². The highest BCUT2D eigenvalue weighted by atomic mass is 32.1. The number of carbonyl (C=O) groups is 1. The molecule has 0 aliphatic carbocycles. The molecular formula is C11H14N6OS. The van der Waals surface area contributed by atoms with E-state index in [4.69, 9.17) is 0 Å². The van der Waals surface area contributed by atoms with E-state index in [1.165, 1.54) is 6.33 Å². The summed E-state index contributed by atoms with van der Waals surface area (Å²) in [6.07, 6.45) is 5.79. The molecule has 1 aliphatic heterocycles. The summed E-state index contributed by atoms with van der Waals surface area (Å²) in [4.78, 5) is 18.5. The van der Waals surface area contributed by atoms with Crippen LogP contribution in [0.15, 0.2) is 17.9 Å². The molecule has 0 N–H and O–H groups in total. The van der Waals surface area contributed by atoms with E-state index in [1.807, 2.05) is 10.3 Å². The Morgan fingerprint density at radius 1 is 1.53 bits per heavy atom. The van der Waals surface area contributed by atoms with E-state index in [9.17, 15) is 4.79 Å². The predicted octanol–water partition coefficient (Wildman–Crippen LogP) is 0.883. The van der Waals surface area contributed by atoms with Crippen molar-refractivity contribution in [3.63, 3.8) is 0 Å². The third-order valence-electron chi connectivity index (χ3n) is 3.26. The Morgan fingerprint density at radius 2 is 2.47 bits per heavy atom. The zero-order chi connectivity index (χ0) is 13.1. The summed E-state index contributed by atoms with van der Waals surface area (Å²) in [6, 6.07) is 0.154. The third kappa shape index (κ3) is 2.62. The van der Waals surface area contributed by atoms with Gasteiger partial charge in [0.1, 0.15) is 11.3 Å². The van der Waals surface area contributed by atoms with Gasteiger partial charge < -0.3 is 4.90 Å². The van der Waals surface area contributed by atoms with Gasteiger partial charge in [0.05, 0.1) is 12.6 Å². The van der Waals surface area contributed by atoms with E-state index in [2.05, 4.69) is 20.5 Å². The van der Waals surface area contributed by atoms with E-state index >= 15 is 0 Å². The van der Waals surface area contributed by atoms with Crippen molar-refractivity contribution in [2.75, 3.05) is 6.54 Å². The fraction of sp³-hybridized carbons (Fsp3) is 0.545. The average molecular weight is 278 g/mol. The first kappa shape index (κ1) is 12.2. The zero-order valence-electron chi connectivity index (χ0n) is 10.3. The average Bonchev–Trinajstić information content (AvgIpc) is 3.14. The number of aryl methyl sites for hydroxylation is 1. The molecule has 8 heteroatoms. The number of likely N-dealkylation sites (tertiary alicyclic amines) is 1. The number of carbonyl (C=O) groups excluding carboxylic acids is 1. The lowest BCUT2D eigenvalue weighted by atomic mass is 10.2. The lowest BCUT2D eigenvalue weighted by molar-refractivity contribution is -0.132. The van der Waals surface area contributed by atoms with E-state index in [1.54, 1.807) is 22.2 Å². The van der Waals surface area contributed by atoms with Crippen LogP contribution in [0, 0.1) is 0 Å². The van der Waals surface area contributed by atoms with Gasteiger partial charge in [-0.05, 0) is 23.3 Å². The van der Waals surface area contributed by atoms with E-state index in [0.29, 0.717) is 13.0 Å². The zero-order valence-corrected chi connectivity index (χ0v) is 11.2. The number of hydrogen-bond donors (Lipinski definition) is 0. The predicted molar refractivity (Wildman–Crippen MR) is 68.2 cm³/mol. The number of hydrogen-bond acceptors (Lipinski definition) is 6. The summed E-state index contributed by atoms with van der Waals surface area (Å²) in [5.41, 5.74) is 0. The summed E-state index contributed by atoms with van der Waals surface area (Å²) in [7, 11) is 0. The van der Waals surface area contributed by atoms with Crippen LogP contribution in [0.5, 0.6) is 0 Å². The van der Waals surface area contributed by atoms with Crippen LogP contribution in [0.3, 0.4) is 0 Å². The minimum Gasteiger partial charge on any atom is -0.333 e. The highest BCUT2D eigenvalue weighted by Gasteiger charge is 2.31. The van der Waals surface area contributed by atoms with Gasteiger partial charge in [-0.15, -0.1) is 16.4 Å². The molecule has 2 aromatic rings. The van der Waals surface area contributed by atoms with Crippen LogP contribution in [0.1, 0.15) is 30.3 Å². The van der Waals surface area contributed by atoms with Gasteiger partial charge in [0.25, 0.3) is 0 Å². The molecule has 3 rings (SSSR count). The van der Waals surface area contributed by atoms with Crippen LogP contribution >= 0.6 is 11.3 Å². The minimum absolute atomic E-state index is 0.146. The molecule has 0 spiro atoms. The number of rotatable bonds is 4. The molecule has 19 heavy (non-hydrogen) atoms. The Balaban J connectivity index is 1.62. The first-order valence-electron chi connectivity index (χ1n) is 6.24. The van der Waals surface area contributed by atoms with Crippen molar-refractivity contribution in [1.29, 1.82) is 0 Å². The molecule has 0 radical (unpaired) electrons. The molecule has 1 fully saturated rings. The van der Waals surface area contributed by atoms with E-state index in [-0.39, 0.29) is 11.9 Å². The van der Waals surface area contributed by atoms with Gasteiger partial charge in [-0.25, -0.2) is 9.67 Å². The van der Waals surface area contributed by atoms with Crippen LogP contribution in [0.4, 0.5) is 0 Å². The maximum Gasteiger partial charge on any atom is 0.225 e. The van der Waals surface area contributed by atoms with Gasteiger partial charge in [0.15, 0.2) is 0 Å². The van der Waals surface area contributed by atoms with Gasteiger partial charge in [-0.2, -0.15) is 0 Å². The third-order valence-corrected chi connectivity index (χ3v) is 4.13. The molecule has 0 aromatic carbocycles. The normalized spacial score (nSPS) is 18.9. The molecule has 1 amide bonds. The SMILES string of the molecule is O=C(CCn1cnnn1)N1CCC[C@@H]1c1nccs1. The Morgan fingerprint density at radius 3 is 3.21 bits per heavy atom. The molecule has 100 valence electrons. The Hall–Kier alpha value is -1.83. The van der Waals surface area contributed by atoms with E-state index < -0.39 is 0 Å². The van der Waals surface area contributed by atoms with Crippen molar-refractivity contribution in [2.24, 2.45) is 0 Å². The standard InChI is InChI=1S/C11H14N6OS/c18-10(3-6-16-8-13-14-15-16)17-5-1-2-9(17)11-12-4-7-19-11/h4,7-9H,1-3,5-6H2/t9-/m1/s1. The summed E-state index contributed by atoms with van der Waals surface area (Å²) >= 11 is 1.61. The van der Waals surface area contributed by atoms with Crippen molar-refractivity contribution >= 4 is 17.2 Å². The lowest BCUT2D eigenvalue weighted by Gasteiger charge is -2.23. The van der Waals surface area contributed by atoms with Crippen molar-refractivity contribution < 1.29 is 4.79 Å². The number of nitrogens with zero attached hydrogens (tertiary/aromatic N) is 6. The van der Waals surface area contributed by atoms with Crippen LogP contribution in [-0.4, -0.2) is 42.5 Å². The Labute approximate surface area is 114 Å². The summed E-state index contributed by atoms with van der Waals surface area (Å²) in [6.45, 7) is 1.34. The molecule has 0 bridgehead atoms. The van der Waals surface area contributed by atoms with Gasteiger partial charge in [-0.3, -0.25) is 4.79 Å². The molecular weight excluding hydrogens is 264 g/mol. The lowest BCUT2D eigenvalue weighted by Crippen LogP contribution is -2.31. The van der Waals surface area contributed by atoms with Crippen molar-refractivity contribution in [2.45, 2.75) is 31.8 Å². The molecule has 3 heterocycles. The largest absolute Gasteiger partial charge is 0.333 e. The highest BCUT2D eigenvalue weighted by Crippen LogP contribution is 2.33. The van der Waals surface area contributed by atoms with E-state index in [0.717, 1.165) is 24.4 Å². The second kappa shape index (κ2) is 5.43. The first-order chi connectivity index (χ1) is 9.34. The van der Waals surface area contributed by atoms with Crippen LogP contribution in [0.25, 0.3) is 0 Å². The second-order valence-electron chi connectivity index (χ2n) is 4.44. The smallest absolute Gasteiger partial charge is 0.225 e. The minimum atomic E-state index is 0.146. The molecule has 1 atom stereocenters. The van der Waals surface area contributed by atoms with Crippen LogP contribution < -0.4 is 0 Å². The maximum absolute atomic E-state index is 12.3. The number of tetrazole rings is 1. The second-order valence-corrected chi connectivity index (χ2v) is 5.36. The van der Waals surface area contributed by atoms with Crippen molar-refractivity contribution in [3.8, 4) is 0 Å². The number of aromatic nitrogens is 5. The highest BCUT2D eigenvalue weighted by molar-refractivity contribution is 7.09. The molecule has 1 saturated heterocycles. The topological polar surface area (TPSA) is 76.8 Å². The van der Waals surface area contributed by atoms with Gasteiger partial charge in [0.2, 0.25) is 5.91 Å². The van der Waals surface area contributed by atoms with Gasteiger partial charge in [-0.1, -0.05) is 0 Å². The van der Waals surface area contributed by atoms with Crippen LogP contribution in [-0.2, 0) is 11.3 Å². The van der Waals surface area contributed by atoms with Crippen molar-refractivity contribution in [3.05, 3.63) is 22.9 Å². The summed E-state index contributed by atoms with van der Waals surface area (Å²) in [5.74, 6) is 0.146. The Bertz CT molecular complexity index is 525.